The Balaban J connectivity index is 3.19. The lowest BCUT2D eigenvalue weighted by Gasteiger charge is -1.99. The van der Waals surface area contributed by atoms with Crippen LogP contribution in [0.5, 0.6) is 0 Å². The molecule has 5 nitrogen and oxygen atoms in total. The van der Waals surface area contributed by atoms with E-state index in [4.69, 9.17) is 16.1 Å². The molecule has 1 aromatic heterocycles. The molecule has 0 saturated heterocycles. The number of hydrogen-bond acceptors (Lipinski definition) is 4. The number of nitrogens with zero attached hydrogens (tertiary/aromatic N) is 1. The Bertz CT molecular complexity index is 359. The van der Waals surface area contributed by atoms with Crippen LogP contribution in [0.4, 0.5) is 5.88 Å². The van der Waals surface area contributed by atoms with Gasteiger partial charge in [-0.2, -0.15) is 0 Å². The number of anilines is 1. The summed E-state index contributed by atoms with van der Waals surface area (Å²) in [6.07, 6.45) is 0.397. The van der Waals surface area contributed by atoms with E-state index in [0.29, 0.717) is 12.1 Å². The summed E-state index contributed by atoms with van der Waals surface area (Å²) in [5.41, 5.74) is 0.558. The summed E-state index contributed by atoms with van der Waals surface area (Å²) in [6.45, 7) is 3.68. The normalized spacial score (nSPS) is 10.3. The third-order valence-electron chi connectivity index (χ3n) is 1.65. The first kappa shape index (κ1) is 10.7. The van der Waals surface area contributed by atoms with Crippen LogP contribution in [-0.4, -0.2) is 16.8 Å². The number of hydrogen-bond donors (Lipinski definition) is 1. The molecule has 1 aromatic rings. The Morgan fingerprint density at radius 3 is 2.71 bits per heavy atom. The number of carbonyl (C=O) groups excluding carboxylic acids is 2. The van der Waals surface area contributed by atoms with Gasteiger partial charge in [0.05, 0.1) is 0 Å². The molecule has 0 aliphatic rings. The Hall–Kier alpha value is -1.36. The second-order valence-corrected chi connectivity index (χ2v) is 3.31. The average Bonchev–Trinajstić information content (AvgIpc) is 2.48. The van der Waals surface area contributed by atoms with Gasteiger partial charge >= 0.3 is 0 Å². The van der Waals surface area contributed by atoms with Gasteiger partial charge in [-0.05, 0) is 17.5 Å². The first-order chi connectivity index (χ1) is 6.57. The first-order valence-corrected chi connectivity index (χ1v) is 4.35. The maximum atomic E-state index is 11.0. The quantitative estimate of drug-likeness (QED) is 0.615. The molecule has 6 heteroatoms. The summed E-state index contributed by atoms with van der Waals surface area (Å²) in [6, 6.07) is 0. The third-order valence-corrected chi connectivity index (χ3v) is 1.84. The van der Waals surface area contributed by atoms with Crippen molar-refractivity contribution in [3.8, 4) is 0 Å². The number of aromatic nitrogens is 1. The van der Waals surface area contributed by atoms with E-state index < -0.39 is 5.24 Å². The van der Waals surface area contributed by atoms with Crippen LogP contribution < -0.4 is 5.32 Å². The predicted octanol–water partition coefficient (Wildman–Crippen LogP) is 1.75. The molecule has 0 unspecified atom stereocenters. The summed E-state index contributed by atoms with van der Waals surface area (Å²) in [7, 11) is 0. The predicted molar refractivity (Wildman–Crippen MR) is 50.5 cm³/mol. The Labute approximate surface area is 85.4 Å². The van der Waals surface area contributed by atoms with Crippen molar-refractivity contribution in [1.29, 1.82) is 0 Å². The third kappa shape index (κ3) is 1.93. The summed E-state index contributed by atoms with van der Waals surface area (Å²) < 4.78 is 4.76. The van der Waals surface area contributed by atoms with Gasteiger partial charge in [0.2, 0.25) is 12.3 Å². The van der Waals surface area contributed by atoms with Gasteiger partial charge in [0.25, 0.3) is 5.24 Å². The summed E-state index contributed by atoms with van der Waals surface area (Å²) in [4.78, 5) is 21.2. The highest BCUT2D eigenvalue weighted by atomic mass is 35.5. The minimum absolute atomic E-state index is 0.00125. The van der Waals surface area contributed by atoms with Crippen molar-refractivity contribution in [2.45, 2.75) is 19.8 Å². The van der Waals surface area contributed by atoms with Crippen molar-refractivity contribution in [3.63, 3.8) is 0 Å². The van der Waals surface area contributed by atoms with Crippen LogP contribution in [0, 0.1) is 0 Å². The fourth-order valence-electron chi connectivity index (χ4n) is 1.04. The molecule has 1 N–H and O–H groups in total. The fourth-order valence-corrected chi connectivity index (χ4v) is 1.22. The van der Waals surface area contributed by atoms with Crippen molar-refractivity contribution < 1.29 is 14.1 Å². The molecular weight excluding hydrogens is 208 g/mol. The zero-order valence-electron chi connectivity index (χ0n) is 7.70. The van der Waals surface area contributed by atoms with E-state index in [0.717, 1.165) is 0 Å². The number of halogens is 1. The summed E-state index contributed by atoms with van der Waals surface area (Å²) in [5.74, 6) is -0.0117. The van der Waals surface area contributed by atoms with Gasteiger partial charge in [-0.25, -0.2) is 0 Å². The van der Waals surface area contributed by atoms with Crippen LogP contribution >= 0.6 is 11.6 Å². The van der Waals surface area contributed by atoms with E-state index in [-0.39, 0.29) is 17.4 Å². The van der Waals surface area contributed by atoms with Gasteiger partial charge in [-0.15, -0.1) is 0 Å². The second-order valence-electron chi connectivity index (χ2n) is 2.96. The van der Waals surface area contributed by atoms with Gasteiger partial charge in [0.1, 0.15) is 11.3 Å². The lowest BCUT2D eigenvalue weighted by atomic mass is 10.1. The molecule has 0 saturated carbocycles. The maximum absolute atomic E-state index is 11.0. The molecule has 0 radical (unpaired) electrons. The lowest BCUT2D eigenvalue weighted by Crippen LogP contribution is -2.02. The standard InChI is InChI=1S/C8H9ClN2O3/c1-4(2)6-5(7(9)13)8(10-3-12)14-11-6/h3-4H,1-2H3,(H,10,12). The number of carbonyl (C=O) groups is 2. The highest BCUT2D eigenvalue weighted by molar-refractivity contribution is 6.68. The van der Waals surface area contributed by atoms with Gasteiger partial charge in [0.15, 0.2) is 0 Å². The van der Waals surface area contributed by atoms with Gasteiger partial charge in [0, 0.05) is 0 Å². The van der Waals surface area contributed by atoms with Crippen LogP contribution in [0.1, 0.15) is 35.8 Å². The van der Waals surface area contributed by atoms with Gasteiger partial charge in [-0.1, -0.05) is 19.0 Å². The average molecular weight is 217 g/mol. The molecule has 1 amide bonds. The molecule has 0 atom stereocenters. The van der Waals surface area contributed by atoms with E-state index in [1.165, 1.54) is 0 Å². The molecule has 76 valence electrons. The van der Waals surface area contributed by atoms with Crippen molar-refractivity contribution in [2.24, 2.45) is 0 Å². The maximum Gasteiger partial charge on any atom is 0.259 e. The number of amides is 1. The zero-order valence-corrected chi connectivity index (χ0v) is 8.46. The minimum atomic E-state index is -0.695. The molecule has 0 aliphatic carbocycles. The van der Waals surface area contributed by atoms with E-state index in [1.54, 1.807) is 0 Å². The van der Waals surface area contributed by atoms with Crippen LogP contribution in [0.25, 0.3) is 0 Å². The van der Waals surface area contributed by atoms with Crippen LogP contribution in [0.3, 0.4) is 0 Å². The molecule has 0 aliphatic heterocycles. The topological polar surface area (TPSA) is 72.2 Å². The molecule has 0 spiro atoms. The summed E-state index contributed by atoms with van der Waals surface area (Å²) in [5, 5.41) is 5.18. The molecule has 0 aromatic carbocycles. The monoisotopic (exact) mass is 216 g/mol. The number of nitrogens with one attached hydrogen (secondary N) is 1. The zero-order chi connectivity index (χ0) is 10.7. The molecular formula is C8H9ClN2O3. The van der Waals surface area contributed by atoms with Gasteiger partial charge < -0.3 is 4.52 Å². The Kier molecular flexibility index (Phi) is 3.24. The molecule has 0 bridgehead atoms. The van der Waals surface area contributed by atoms with Crippen molar-refractivity contribution in [3.05, 3.63) is 11.3 Å². The van der Waals surface area contributed by atoms with E-state index in [9.17, 15) is 9.59 Å². The highest BCUT2D eigenvalue weighted by Gasteiger charge is 2.23. The Morgan fingerprint density at radius 1 is 1.64 bits per heavy atom. The molecule has 1 heterocycles. The van der Waals surface area contributed by atoms with Gasteiger partial charge in [-0.3, -0.25) is 14.9 Å². The molecule has 0 fully saturated rings. The van der Waals surface area contributed by atoms with E-state index in [2.05, 4.69) is 10.5 Å². The van der Waals surface area contributed by atoms with Crippen LogP contribution in [-0.2, 0) is 4.79 Å². The lowest BCUT2D eigenvalue weighted by molar-refractivity contribution is -0.105. The van der Waals surface area contributed by atoms with Crippen molar-refractivity contribution >= 4 is 29.1 Å². The SMILES string of the molecule is CC(C)c1noc(NC=O)c1C(=O)Cl. The largest absolute Gasteiger partial charge is 0.337 e. The van der Waals surface area contributed by atoms with Crippen molar-refractivity contribution in [2.75, 3.05) is 5.32 Å². The Morgan fingerprint density at radius 2 is 2.29 bits per heavy atom. The van der Waals surface area contributed by atoms with Crippen LogP contribution in [0.15, 0.2) is 4.52 Å². The second kappa shape index (κ2) is 4.23. The molecule has 1 rings (SSSR count). The summed E-state index contributed by atoms with van der Waals surface area (Å²) >= 11 is 5.34. The van der Waals surface area contributed by atoms with Crippen molar-refractivity contribution in [1.82, 2.24) is 5.16 Å². The van der Waals surface area contributed by atoms with Crippen LogP contribution in [0.2, 0.25) is 0 Å². The highest BCUT2D eigenvalue weighted by Crippen LogP contribution is 2.26. The number of rotatable bonds is 4. The van der Waals surface area contributed by atoms with E-state index >= 15 is 0 Å². The van der Waals surface area contributed by atoms with E-state index in [1.807, 2.05) is 13.8 Å². The molecule has 14 heavy (non-hydrogen) atoms. The first-order valence-electron chi connectivity index (χ1n) is 3.97. The minimum Gasteiger partial charge on any atom is -0.337 e. The smallest absolute Gasteiger partial charge is 0.259 e. The fraction of sp³-hybridized carbons (Fsp3) is 0.375.